The highest BCUT2D eigenvalue weighted by molar-refractivity contribution is 7.21. The number of fused-ring (bicyclic) bond motifs is 1. The molecule has 2 amide bonds. The first kappa shape index (κ1) is 16.8. The van der Waals surface area contributed by atoms with Crippen LogP contribution in [0.2, 0.25) is 0 Å². The number of urea groups is 1. The van der Waals surface area contributed by atoms with Gasteiger partial charge in [-0.15, -0.1) is 0 Å². The van der Waals surface area contributed by atoms with E-state index < -0.39 is 0 Å². The molecule has 6 nitrogen and oxygen atoms in total. The summed E-state index contributed by atoms with van der Waals surface area (Å²) in [4.78, 5) is 26.6. The number of thiazole rings is 1. The van der Waals surface area contributed by atoms with Gasteiger partial charge in [0, 0.05) is 38.1 Å². The summed E-state index contributed by atoms with van der Waals surface area (Å²) in [6.45, 7) is 7.04. The fourth-order valence-electron chi connectivity index (χ4n) is 3.02. The average Bonchev–Trinajstić information content (AvgIpc) is 3.09. The molecule has 26 heavy (non-hydrogen) atoms. The van der Waals surface area contributed by atoms with Crippen molar-refractivity contribution in [1.29, 1.82) is 0 Å². The first-order chi connectivity index (χ1) is 12.6. The number of benzene rings is 1. The number of hydrogen-bond donors (Lipinski definition) is 1. The molecule has 0 radical (unpaired) electrons. The number of amides is 2. The average molecular weight is 367 g/mol. The monoisotopic (exact) mass is 367 g/mol. The third-order valence-electron chi connectivity index (χ3n) is 4.75. The van der Waals surface area contributed by atoms with E-state index in [-0.39, 0.29) is 6.03 Å². The summed E-state index contributed by atoms with van der Waals surface area (Å²) in [5.41, 5.74) is 4.18. The number of nitrogens with one attached hydrogen (secondary N) is 1. The number of rotatable bonds is 2. The first-order valence-corrected chi connectivity index (χ1v) is 9.51. The number of nitrogens with zero attached hydrogens (tertiary/aromatic N) is 4. The lowest BCUT2D eigenvalue weighted by atomic mass is 10.1. The van der Waals surface area contributed by atoms with Crippen LogP contribution in [0, 0.1) is 13.8 Å². The Kier molecular flexibility index (Phi) is 4.46. The lowest BCUT2D eigenvalue weighted by Crippen LogP contribution is -2.50. The number of carbonyl (C=O) groups is 1. The fraction of sp³-hybridized carbons (Fsp3) is 0.316. The summed E-state index contributed by atoms with van der Waals surface area (Å²) >= 11 is 1.60. The molecule has 1 aliphatic rings. The lowest BCUT2D eigenvalue weighted by molar-refractivity contribution is 0.208. The number of piperazine rings is 1. The van der Waals surface area contributed by atoms with E-state index in [1.54, 1.807) is 17.5 Å². The standard InChI is InChI=1S/C19H21N5OS/c1-13-5-6-15(12-14(13)2)21-18(25)23-8-10-24(11-9-23)19-22-16-4-3-7-20-17(16)26-19/h3-7,12H,8-11H2,1-2H3,(H,21,25). The third kappa shape index (κ3) is 3.35. The molecule has 0 bridgehead atoms. The topological polar surface area (TPSA) is 61.4 Å². The zero-order chi connectivity index (χ0) is 18.1. The van der Waals surface area contributed by atoms with Crippen molar-refractivity contribution in [1.82, 2.24) is 14.9 Å². The second kappa shape index (κ2) is 6.92. The predicted octanol–water partition coefficient (Wildman–Crippen LogP) is 3.66. The number of pyridine rings is 1. The van der Waals surface area contributed by atoms with Gasteiger partial charge in [0.2, 0.25) is 0 Å². The van der Waals surface area contributed by atoms with E-state index in [2.05, 4.69) is 34.0 Å². The quantitative estimate of drug-likeness (QED) is 0.751. The van der Waals surface area contributed by atoms with Crippen LogP contribution in [0.4, 0.5) is 15.6 Å². The summed E-state index contributed by atoms with van der Waals surface area (Å²) < 4.78 is 0. The Bertz CT molecular complexity index is 913. The van der Waals surface area contributed by atoms with Gasteiger partial charge in [0.25, 0.3) is 0 Å². The zero-order valence-corrected chi connectivity index (χ0v) is 15.7. The smallest absolute Gasteiger partial charge is 0.321 e. The maximum absolute atomic E-state index is 12.5. The number of carbonyl (C=O) groups excluding carboxylic acids is 1. The van der Waals surface area contributed by atoms with Crippen LogP contribution >= 0.6 is 11.3 Å². The van der Waals surface area contributed by atoms with E-state index in [1.807, 2.05) is 35.2 Å². The van der Waals surface area contributed by atoms with Crippen molar-refractivity contribution < 1.29 is 4.79 Å². The van der Waals surface area contributed by atoms with Crippen molar-refractivity contribution >= 4 is 38.5 Å². The molecule has 2 aromatic heterocycles. The Labute approximate surface area is 156 Å². The van der Waals surface area contributed by atoms with Gasteiger partial charge in [-0.1, -0.05) is 17.4 Å². The van der Waals surface area contributed by atoms with Crippen LogP contribution in [-0.2, 0) is 0 Å². The molecule has 1 saturated heterocycles. The predicted molar refractivity (Wildman–Crippen MR) is 106 cm³/mol. The van der Waals surface area contributed by atoms with E-state index in [9.17, 15) is 4.79 Å². The SMILES string of the molecule is Cc1ccc(NC(=O)N2CCN(c3nc4cccnc4s3)CC2)cc1C. The number of hydrogen-bond acceptors (Lipinski definition) is 5. The molecule has 7 heteroatoms. The van der Waals surface area contributed by atoms with Crippen molar-refractivity contribution in [2.75, 3.05) is 36.4 Å². The highest BCUT2D eigenvalue weighted by Gasteiger charge is 2.23. The normalized spacial score (nSPS) is 14.7. The zero-order valence-electron chi connectivity index (χ0n) is 14.9. The molecule has 0 saturated carbocycles. The second-order valence-electron chi connectivity index (χ2n) is 6.53. The van der Waals surface area contributed by atoms with Crippen LogP contribution < -0.4 is 10.2 Å². The molecule has 3 aromatic rings. The third-order valence-corrected chi connectivity index (χ3v) is 5.79. The maximum atomic E-state index is 12.5. The highest BCUT2D eigenvalue weighted by atomic mass is 32.1. The highest BCUT2D eigenvalue weighted by Crippen LogP contribution is 2.27. The van der Waals surface area contributed by atoms with Gasteiger partial charge in [0.1, 0.15) is 10.3 Å². The Hall–Kier alpha value is -2.67. The lowest BCUT2D eigenvalue weighted by Gasteiger charge is -2.34. The number of aromatic nitrogens is 2. The van der Waals surface area contributed by atoms with Gasteiger partial charge in [0.15, 0.2) is 5.13 Å². The van der Waals surface area contributed by atoms with Gasteiger partial charge in [-0.25, -0.2) is 14.8 Å². The van der Waals surface area contributed by atoms with Crippen LogP contribution in [0.5, 0.6) is 0 Å². The molecule has 3 heterocycles. The van der Waals surface area contributed by atoms with E-state index in [0.717, 1.165) is 34.3 Å². The minimum absolute atomic E-state index is 0.0427. The minimum Gasteiger partial charge on any atom is -0.344 e. The van der Waals surface area contributed by atoms with Crippen molar-refractivity contribution in [3.63, 3.8) is 0 Å². The molecule has 0 spiro atoms. The largest absolute Gasteiger partial charge is 0.344 e. The minimum atomic E-state index is -0.0427. The first-order valence-electron chi connectivity index (χ1n) is 8.70. The van der Waals surface area contributed by atoms with Crippen molar-refractivity contribution in [3.05, 3.63) is 47.7 Å². The van der Waals surface area contributed by atoms with Crippen LogP contribution in [0.3, 0.4) is 0 Å². The van der Waals surface area contributed by atoms with E-state index in [1.165, 1.54) is 11.1 Å². The number of aryl methyl sites for hydroxylation is 2. The Balaban J connectivity index is 1.38. The summed E-state index contributed by atoms with van der Waals surface area (Å²) in [6, 6.07) is 9.84. The molecule has 1 aliphatic heterocycles. The molecular weight excluding hydrogens is 346 g/mol. The van der Waals surface area contributed by atoms with Crippen LogP contribution in [0.15, 0.2) is 36.5 Å². The molecule has 1 fully saturated rings. The van der Waals surface area contributed by atoms with Crippen molar-refractivity contribution in [2.45, 2.75) is 13.8 Å². The Morgan fingerprint density at radius 2 is 1.92 bits per heavy atom. The van der Waals surface area contributed by atoms with Gasteiger partial charge in [-0.2, -0.15) is 0 Å². The van der Waals surface area contributed by atoms with Gasteiger partial charge >= 0.3 is 6.03 Å². The van der Waals surface area contributed by atoms with Crippen LogP contribution in [0.1, 0.15) is 11.1 Å². The molecule has 0 atom stereocenters. The van der Waals surface area contributed by atoms with E-state index in [4.69, 9.17) is 0 Å². The molecule has 4 rings (SSSR count). The molecule has 1 N–H and O–H groups in total. The second-order valence-corrected chi connectivity index (χ2v) is 7.48. The van der Waals surface area contributed by atoms with Crippen molar-refractivity contribution in [2.24, 2.45) is 0 Å². The molecule has 134 valence electrons. The van der Waals surface area contributed by atoms with Gasteiger partial charge in [0.05, 0.1) is 0 Å². The van der Waals surface area contributed by atoms with Gasteiger partial charge < -0.3 is 15.1 Å². The summed E-state index contributed by atoms with van der Waals surface area (Å²) in [5.74, 6) is 0. The van der Waals surface area contributed by atoms with Crippen LogP contribution in [0.25, 0.3) is 10.3 Å². The van der Waals surface area contributed by atoms with Gasteiger partial charge in [-0.05, 0) is 49.2 Å². The fourth-order valence-corrected chi connectivity index (χ4v) is 3.98. The maximum Gasteiger partial charge on any atom is 0.321 e. The number of anilines is 2. The van der Waals surface area contributed by atoms with E-state index >= 15 is 0 Å². The van der Waals surface area contributed by atoms with Gasteiger partial charge in [-0.3, -0.25) is 0 Å². The Morgan fingerprint density at radius 1 is 1.12 bits per heavy atom. The molecule has 1 aromatic carbocycles. The summed E-state index contributed by atoms with van der Waals surface area (Å²) in [6.07, 6.45) is 1.79. The van der Waals surface area contributed by atoms with Crippen LogP contribution in [-0.4, -0.2) is 47.1 Å². The molecule has 0 unspecified atom stereocenters. The molecule has 0 aliphatic carbocycles. The summed E-state index contributed by atoms with van der Waals surface area (Å²) in [7, 11) is 0. The van der Waals surface area contributed by atoms with E-state index in [0.29, 0.717) is 13.1 Å². The summed E-state index contributed by atoms with van der Waals surface area (Å²) in [5, 5.41) is 3.98. The Morgan fingerprint density at radius 3 is 2.65 bits per heavy atom. The molecular formula is C19H21N5OS. The van der Waals surface area contributed by atoms with Crippen molar-refractivity contribution in [3.8, 4) is 0 Å².